The maximum absolute atomic E-state index is 12.4. The normalized spacial score (nSPS) is 15.1. The molecule has 0 radical (unpaired) electrons. The van der Waals surface area contributed by atoms with Gasteiger partial charge in [-0.3, -0.25) is 14.5 Å². The van der Waals surface area contributed by atoms with Crippen molar-refractivity contribution < 1.29 is 14.3 Å². The van der Waals surface area contributed by atoms with Crippen LogP contribution in [0.2, 0.25) is 0 Å². The molecule has 0 spiro atoms. The maximum atomic E-state index is 12.4. The molecular weight excluding hydrogens is 356 g/mol. The molecule has 1 aliphatic heterocycles. The number of anilines is 2. The average Bonchev–Trinajstić information content (AvgIpc) is 2.70. The van der Waals surface area contributed by atoms with Gasteiger partial charge in [-0.25, -0.2) is 0 Å². The Balaban J connectivity index is 1.54. The van der Waals surface area contributed by atoms with Crippen molar-refractivity contribution in [3.05, 3.63) is 54.1 Å². The smallest absolute Gasteiger partial charge is 0.255 e. The molecule has 2 aromatic carbocycles. The first-order valence-corrected chi connectivity index (χ1v) is 9.30. The van der Waals surface area contributed by atoms with Gasteiger partial charge < -0.3 is 20.3 Å². The van der Waals surface area contributed by atoms with Crippen molar-refractivity contribution in [2.24, 2.45) is 0 Å². The molecule has 0 aliphatic carbocycles. The average molecular weight is 382 g/mol. The molecule has 1 aliphatic rings. The maximum Gasteiger partial charge on any atom is 0.255 e. The standard InChI is InChI=1S/C21H26N4O3/c1-24-11-13-25(14-12-24)15-20(26)22-17-9-7-16(8-10-17)21(27)23-18-5-3-4-6-19(18)28-2/h3-10H,11-15H2,1-2H3,(H,22,26)(H,23,27). The Kier molecular flexibility index (Phi) is 6.62. The van der Waals surface area contributed by atoms with Crippen molar-refractivity contribution in [3.8, 4) is 5.75 Å². The first-order chi connectivity index (χ1) is 13.5. The monoisotopic (exact) mass is 382 g/mol. The van der Waals surface area contributed by atoms with Crippen LogP contribution in [0.4, 0.5) is 11.4 Å². The van der Waals surface area contributed by atoms with Gasteiger partial charge in [0.2, 0.25) is 5.91 Å². The van der Waals surface area contributed by atoms with Gasteiger partial charge in [0.15, 0.2) is 0 Å². The fraction of sp³-hybridized carbons (Fsp3) is 0.333. The van der Waals surface area contributed by atoms with Gasteiger partial charge in [-0.2, -0.15) is 0 Å². The summed E-state index contributed by atoms with van der Waals surface area (Å²) >= 11 is 0. The molecule has 2 N–H and O–H groups in total. The number of hydrogen-bond acceptors (Lipinski definition) is 5. The van der Waals surface area contributed by atoms with Crippen LogP contribution in [0.3, 0.4) is 0 Å². The molecule has 1 fully saturated rings. The van der Waals surface area contributed by atoms with Gasteiger partial charge in [0.25, 0.3) is 5.91 Å². The van der Waals surface area contributed by atoms with Gasteiger partial charge in [-0.15, -0.1) is 0 Å². The second-order valence-corrected chi connectivity index (χ2v) is 6.86. The van der Waals surface area contributed by atoms with E-state index in [4.69, 9.17) is 4.74 Å². The van der Waals surface area contributed by atoms with E-state index in [1.54, 1.807) is 43.5 Å². The summed E-state index contributed by atoms with van der Waals surface area (Å²) in [5, 5.41) is 5.72. The Morgan fingerprint density at radius 3 is 2.32 bits per heavy atom. The van der Waals surface area contributed by atoms with E-state index >= 15 is 0 Å². The van der Waals surface area contributed by atoms with E-state index < -0.39 is 0 Å². The molecule has 148 valence electrons. The summed E-state index contributed by atoms with van der Waals surface area (Å²) < 4.78 is 5.24. The number of para-hydroxylation sites is 2. The summed E-state index contributed by atoms with van der Waals surface area (Å²) in [4.78, 5) is 29.1. The third-order valence-corrected chi connectivity index (χ3v) is 4.75. The van der Waals surface area contributed by atoms with Crippen molar-refractivity contribution in [1.29, 1.82) is 0 Å². The number of ether oxygens (including phenoxy) is 1. The molecule has 0 bridgehead atoms. The number of methoxy groups -OCH3 is 1. The Morgan fingerprint density at radius 1 is 0.964 bits per heavy atom. The van der Waals surface area contributed by atoms with Crippen LogP contribution in [0.25, 0.3) is 0 Å². The molecule has 2 aromatic rings. The van der Waals surface area contributed by atoms with E-state index in [1.165, 1.54) is 0 Å². The van der Waals surface area contributed by atoms with Gasteiger partial charge in [0.05, 0.1) is 19.3 Å². The second-order valence-electron chi connectivity index (χ2n) is 6.86. The van der Waals surface area contributed by atoms with Crippen molar-refractivity contribution in [2.75, 3.05) is 57.5 Å². The number of carbonyl (C=O) groups excluding carboxylic acids is 2. The Morgan fingerprint density at radius 2 is 1.64 bits per heavy atom. The molecule has 2 amide bonds. The predicted molar refractivity (Wildman–Crippen MR) is 110 cm³/mol. The minimum atomic E-state index is -0.236. The lowest BCUT2D eigenvalue weighted by molar-refractivity contribution is -0.117. The number of nitrogens with zero attached hydrogens (tertiary/aromatic N) is 2. The lowest BCUT2D eigenvalue weighted by atomic mass is 10.2. The first-order valence-electron chi connectivity index (χ1n) is 9.30. The van der Waals surface area contributed by atoms with Crippen LogP contribution in [0.1, 0.15) is 10.4 Å². The Labute approximate surface area is 165 Å². The zero-order valence-electron chi connectivity index (χ0n) is 16.3. The molecule has 7 heteroatoms. The molecule has 7 nitrogen and oxygen atoms in total. The molecule has 0 aromatic heterocycles. The Hall–Kier alpha value is -2.90. The minimum absolute atomic E-state index is 0.0456. The SMILES string of the molecule is COc1ccccc1NC(=O)c1ccc(NC(=O)CN2CCN(C)CC2)cc1. The van der Waals surface area contributed by atoms with Crippen LogP contribution in [0.5, 0.6) is 5.75 Å². The molecule has 0 saturated carbocycles. The molecule has 28 heavy (non-hydrogen) atoms. The van der Waals surface area contributed by atoms with Gasteiger partial charge >= 0.3 is 0 Å². The van der Waals surface area contributed by atoms with Crippen LogP contribution >= 0.6 is 0 Å². The minimum Gasteiger partial charge on any atom is -0.495 e. The van der Waals surface area contributed by atoms with Gasteiger partial charge in [0, 0.05) is 37.4 Å². The molecule has 1 heterocycles. The highest BCUT2D eigenvalue weighted by atomic mass is 16.5. The molecule has 0 unspecified atom stereocenters. The zero-order valence-corrected chi connectivity index (χ0v) is 16.3. The van der Waals surface area contributed by atoms with Crippen molar-refractivity contribution >= 4 is 23.2 Å². The first kappa shape index (κ1) is 19.9. The van der Waals surface area contributed by atoms with E-state index in [2.05, 4.69) is 27.5 Å². The number of amides is 2. The molecule has 0 atom stereocenters. The van der Waals surface area contributed by atoms with Crippen LogP contribution in [-0.2, 0) is 4.79 Å². The van der Waals surface area contributed by atoms with Crippen LogP contribution in [0.15, 0.2) is 48.5 Å². The van der Waals surface area contributed by atoms with Gasteiger partial charge in [-0.1, -0.05) is 12.1 Å². The predicted octanol–water partition coefficient (Wildman–Crippen LogP) is 2.13. The van der Waals surface area contributed by atoms with Crippen LogP contribution in [0, 0.1) is 0 Å². The Bertz CT molecular complexity index is 815. The lowest BCUT2D eigenvalue weighted by Gasteiger charge is -2.31. The van der Waals surface area contributed by atoms with Crippen molar-refractivity contribution in [3.63, 3.8) is 0 Å². The lowest BCUT2D eigenvalue weighted by Crippen LogP contribution is -2.47. The van der Waals surface area contributed by atoms with E-state index in [1.807, 2.05) is 12.1 Å². The fourth-order valence-corrected chi connectivity index (χ4v) is 3.06. The molecule has 1 saturated heterocycles. The summed E-state index contributed by atoms with van der Waals surface area (Å²) in [6, 6.07) is 14.1. The van der Waals surface area contributed by atoms with E-state index in [0.29, 0.717) is 29.2 Å². The van der Waals surface area contributed by atoms with E-state index in [0.717, 1.165) is 26.2 Å². The number of nitrogens with one attached hydrogen (secondary N) is 2. The number of piperazine rings is 1. The van der Waals surface area contributed by atoms with E-state index in [9.17, 15) is 9.59 Å². The highest BCUT2D eigenvalue weighted by Crippen LogP contribution is 2.23. The summed E-state index contributed by atoms with van der Waals surface area (Å²) in [5.74, 6) is 0.319. The number of carbonyl (C=O) groups is 2. The molecule has 3 rings (SSSR count). The number of likely N-dealkylation sites (N-methyl/N-ethyl adjacent to an activating group) is 1. The van der Waals surface area contributed by atoms with Crippen molar-refractivity contribution in [2.45, 2.75) is 0 Å². The van der Waals surface area contributed by atoms with Crippen LogP contribution < -0.4 is 15.4 Å². The second kappa shape index (κ2) is 9.34. The summed E-state index contributed by atoms with van der Waals surface area (Å²) in [5.41, 5.74) is 1.79. The largest absolute Gasteiger partial charge is 0.495 e. The topological polar surface area (TPSA) is 73.9 Å². The molecular formula is C21H26N4O3. The summed E-state index contributed by atoms with van der Waals surface area (Å²) in [7, 11) is 3.65. The highest BCUT2D eigenvalue weighted by Gasteiger charge is 2.16. The van der Waals surface area contributed by atoms with Gasteiger partial charge in [0.1, 0.15) is 5.75 Å². The quantitative estimate of drug-likeness (QED) is 0.801. The number of hydrogen-bond donors (Lipinski definition) is 2. The number of benzene rings is 2. The van der Waals surface area contributed by atoms with Gasteiger partial charge in [-0.05, 0) is 43.4 Å². The third-order valence-electron chi connectivity index (χ3n) is 4.75. The summed E-state index contributed by atoms with van der Waals surface area (Å²) in [6.07, 6.45) is 0. The fourth-order valence-electron chi connectivity index (χ4n) is 3.06. The van der Waals surface area contributed by atoms with E-state index in [-0.39, 0.29) is 11.8 Å². The summed E-state index contributed by atoms with van der Waals surface area (Å²) in [6.45, 7) is 4.12. The van der Waals surface area contributed by atoms with Crippen LogP contribution in [-0.4, -0.2) is 68.5 Å². The zero-order chi connectivity index (χ0) is 19.9. The van der Waals surface area contributed by atoms with Crippen molar-refractivity contribution in [1.82, 2.24) is 9.80 Å². The number of rotatable bonds is 6. The highest BCUT2D eigenvalue weighted by molar-refractivity contribution is 6.05. The third kappa shape index (κ3) is 5.31.